The van der Waals surface area contributed by atoms with Gasteiger partial charge in [-0.1, -0.05) is 12.1 Å². The van der Waals surface area contributed by atoms with Crippen LogP contribution in [-0.4, -0.2) is 65.9 Å². The maximum Gasteiger partial charge on any atom is 0.490 e. The number of carboxylic acid groups (broad SMARTS) is 1. The van der Waals surface area contributed by atoms with Crippen molar-refractivity contribution in [3.05, 3.63) is 46.2 Å². The van der Waals surface area contributed by atoms with E-state index >= 15 is 0 Å². The number of hydrogen-bond acceptors (Lipinski definition) is 6. The van der Waals surface area contributed by atoms with Crippen molar-refractivity contribution in [2.75, 3.05) is 33.0 Å². The van der Waals surface area contributed by atoms with E-state index in [1.807, 2.05) is 28.5 Å². The molecule has 1 N–H and O–H groups in total. The Morgan fingerprint density at radius 1 is 1.06 bits per heavy atom. The van der Waals surface area contributed by atoms with Crippen LogP contribution in [0.3, 0.4) is 0 Å². The van der Waals surface area contributed by atoms with Crippen LogP contribution in [0.15, 0.2) is 35.7 Å². The summed E-state index contributed by atoms with van der Waals surface area (Å²) in [4.78, 5) is 26.8. The molecule has 1 aromatic heterocycles. The molecule has 0 bridgehead atoms. The summed E-state index contributed by atoms with van der Waals surface area (Å²) in [6.45, 7) is 5.15. The molecule has 4 heterocycles. The largest absolute Gasteiger partial charge is 0.490 e. The van der Waals surface area contributed by atoms with Crippen LogP contribution in [0.25, 0.3) is 0 Å². The van der Waals surface area contributed by atoms with Crippen molar-refractivity contribution in [1.29, 1.82) is 0 Å². The molecule has 2 fully saturated rings. The highest BCUT2D eigenvalue weighted by Crippen LogP contribution is 2.35. The summed E-state index contributed by atoms with van der Waals surface area (Å²) in [6, 6.07) is 10.1. The molecule has 0 saturated carbocycles. The summed E-state index contributed by atoms with van der Waals surface area (Å²) in [5.41, 5.74) is 1.26. The Morgan fingerprint density at radius 2 is 1.72 bits per heavy atom. The van der Waals surface area contributed by atoms with E-state index in [-0.39, 0.29) is 5.91 Å². The molecule has 0 radical (unpaired) electrons. The SMILES string of the molecule is O=C(O)C(F)(F)F.O=C(c1cccs1)N1C[C@H]2CN(Cc3ccc4c(c3)OCO4)C[C@H]2C1. The van der Waals surface area contributed by atoms with Crippen LogP contribution in [0.1, 0.15) is 15.2 Å². The van der Waals surface area contributed by atoms with Crippen LogP contribution in [0.5, 0.6) is 11.5 Å². The van der Waals surface area contributed by atoms with E-state index in [1.54, 1.807) is 0 Å². The van der Waals surface area contributed by atoms with Crippen LogP contribution in [0.4, 0.5) is 13.2 Å². The molecule has 0 spiro atoms. The zero-order chi connectivity index (χ0) is 22.9. The smallest absolute Gasteiger partial charge is 0.475 e. The lowest BCUT2D eigenvalue weighted by Gasteiger charge is -2.21. The average molecular weight is 470 g/mol. The number of thiophene rings is 1. The van der Waals surface area contributed by atoms with E-state index < -0.39 is 12.1 Å². The Hall–Kier alpha value is -2.79. The van der Waals surface area contributed by atoms with Crippen LogP contribution >= 0.6 is 11.3 Å². The Labute approximate surface area is 185 Å². The minimum Gasteiger partial charge on any atom is -0.475 e. The number of amides is 1. The second kappa shape index (κ2) is 8.99. The molecule has 3 aliphatic rings. The first-order valence-electron chi connectivity index (χ1n) is 9.94. The third-order valence-corrected chi connectivity index (χ3v) is 6.52. The first-order chi connectivity index (χ1) is 15.2. The normalized spacial score (nSPS) is 21.8. The second-order valence-electron chi connectivity index (χ2n) is 7.89. The summed E-state index contributed by atoms with van der Waals surface area (Å²) in [6.07, 6.45) is -5.08. The number of ether oxygens (including phenoxy) is 2. The topological polar surface area (TPSA) is 79.3 Å². The number of rotatable bonds is 3. The minimum atomic E-state index is -5.08. The van der Waals surface area contributed by atoms with E-state index in [2.05, 4.69) is 17.0 Å². The Morgan fingerprint density at radius 3 is 2.31 bits per heavy atom. The summed E-state index contributed by atoms with van der Waals surface area (Å²) < 4.78 is 42.6. The fraction of sp³-hybridized carbons (Fsp3) is 0.429. The van der Waals surface area contributed by atoms with Gasteiger partial charge in [-0.3, -0.25) is 9.69 Å². The molecule has 2 aromatic rings. The molecule has 1 aromatic carbocycles. The van der Waals surface area contributed by atoms with Crippen molar-refractivity contribution in [3.63, 3.8) is 0 Å². The van der Waals surface area contributed by atoms with Gasteiger partial charge in [0.25, 0.3) is 5.91 Å². The zero-order valence-corrected chi connectivity index (χ0v) is 17.7. The van der Waals surface area contributed by atoms with Crippen molar-refractivity contribution in [3.8, 4) is 11.5 Å². The van der Waals surface area contributed by atoms with Crippen LogP contribution in [0.2, 0.25) is 0 Å². The molecule has 0 unspecified atom stereocenters. The van der Waals surface area contributed by atoms with Crippen molar-refractivity contribution in [1.82, 2.24) is 9.80 Å². The highest BCUT2D eigenvalue weighted by atomic mass is 32.1. The molecule has 1 amide bonds. The lowest BCUT2D eigenvalue weighted by molar-refractivity contribution is -0.192. The second-order valence-corrected chi connectivity index (χ2v) is 8.84. The highest BCUT2D eigenvalue weighted by molar-refractivity contribution is 7.12. The van der Waals surface area contributed by atoms with E-state index in [9.17, 15) is 18.0 Å². The number of carbonyl (C=O) groups is 2. The predicted molar refractivity (Wildman–Crippen MR) is 109 cm³/mol. The Balaban J connectivity index is 0.000000307. The van der Waals surface area contributed by atoms with Gasteiger partial charge in [0.15, 0.2) is 11.5 Å². The van der Waals surface area contributed by atoms with Crippen molar-refractivity contribution < 1.29 is 37.3 Å². The van der Waals surface area contributed by atoms with Crippen molar-refractivity contribution >= 4 is 23.2 Å². The fourth-order valence-corrected chi connectivity index (χ4v) is 4.93. The number of alkyl halides is 3. The molecular weight excluding hydrogens is 449 g/mol. The number of carbonyl (C=O) groups excluding carboxylic acids is 1. The summed E-state index contributed by atoms with van der Waals surface area (Å²) in [7, 11) is 0. The third-order valence-electron chi connectivity index (χ3n) is 5.67. The quantitative estimate of drug-likeness (QED) is 0.742. The Bertz CT molecular complexity index is 968. The molecular formula is C21H21F3N2O5S. The van der Waals surface area contributed by atoms with Gasteiger partial charge < -0.3 is 19.5 Å². The number of halogens is 3. The van der Waals surface area contributed by atoms with Gasteiger partial charge in [0.1, 0.15) is 0 Å². The molecule has 7 nitrogen and oxygen atoms in total. The van der Waals surface area contributed by atoms with Crippen LogP contribution < -0.4 is 9.47 Å². The van der Waals surface area contributed by atoms with Gasteiger partial charge in [0.05, 0.1) is 4.88 Å². The van der Waals surface area contributed by atoms with Gasteiger partial charge in [-0.15, -0.1) is 11.3 Å². The van der Waals surface area contributed by atoms with E-state index in [0.29, 0.717) is 18.6 Å². The predicted octanol–water partition coefficient (Wildman–Crippen LogP) is 3.31. The first-order valence-corrected chi connectivity index (χ1v) is 10.8. The van der Waals surface area contributed by atoms with Gasteiger partial charge in [0, 0.05) is 32.7 Å². The summed E-state index contributed by atoms with van der Waals surface area (Å²) >= 11 is 1.53. The fourth-order valence-electron chi connectivity index (χ4n) is 4.24. The molecule has 172 valence electrons. The molecule has 0 aliphatic carbocycles. The number of benzene rings is 1. The molecule has 11 heteroatoms. The standard InChI is InChI=1S/C19H20N2O3S.C2HF3O2/c22-19(18-2-1-5-25-18)21-10-14-8-20(9-15(14)11-21)7-13-3-4-16-17(6-13)24-12-23-16;3-2(4,5)1(6)7/h1-6,14-15H,7-12H2;(H,6,7)/t14-,15+;. The molecule has 5 rings (SSSR count). The third kappa shape index (κ3) is 4.99. The summed E-state index contributed by atoms with van der Waals surface area (Å²) in [5.74, 6) is 0.324. The molecule has 3 aliphatic heterocycles. The van der Waals surface area contributed by atoms with E-state index in [4.69, 9.17) is 19.4 Å². The van der Waals surface area contributed by atoms with Gasteiger partial charge >= 0.3 is 12.1 Å². The van der Waals surface area contributed by atoms with Gasteiger partial charge in [-0.2, -0.15) is 13.2 Å². The van der Waals surface area contributed by atoms with Crippen molar-refractivity contribution in [2.45, 2.75) is 12.7 Å². The molecule has 2 atom stereocenters. The minimum absolute atomic E-state index is 0.201. The van der Waals surface area contributed by atoms with Gasteiger partial charge in [0.2, 0.25) is 6.79 Å². The van der Waals surface area contributed by atoms with Gasteiger partial charge in [-0.05, 0) is 41.0 Å². The summed E-state index contributed by atoms with van der Waals surface area (Å²) in [5, 5.41) is 9.09. The van der Waals surface area contributed by atoms with Crippen molar-refractivity contribution in [2.24, 2.45) is 11.8 Å². The molecule has 32 heavy (non-hydrogen) atoms. The van der Waals surface area contributed by atoms with Crippen LogP contribution in [0, 0.1) is 11.8 Å². The number of hydrogen-bond donors (Lipinski definition) is 1. The van der Waals surface area contributed by atoms with E-state index in [1.165, 1.54) is 16.9 Å². The lowest BCUT2D eigenvalue weighted by Crippen LogP contribution is -2.32. The number of aliphatic carboxylic acids is 1. The maximum absolute atomic E-state index is 12.5. The zero-order valence-electron chi connectivity index (χ0n) is 16.9. The number of nitrogens with zero attached hydrogens (tertiary/aromatic N) is 2. The van der Waals surface area contributed by atoms with Gasteiger partial charge in [-0.25, -0.2) is 4.79 Å². The number of fused-ring (bicyclic) bond motifs is 2. The number of carboxylic acids is 1. The first kappa shape index (κ1) is 22.4. The monoisotopic (exact) mass is 470 g/mol. The maximum atomic E-state index is 12.5. The molecule has 2 saturated heterocycles. The van der Waals surface area contributed by atoms with E-state index in [0.717, 1.165) is 49.1 Å². The lowest BCUT2D eigenvalue weighted by atomic mass is 10.0. The Kier molecular flexibility index (Phi) is 6.29. The average Bonchev–Trinajstić information content (AvgIpc) is 3.50. The number of likely N-dealkylation sites (tertiary alicyclic amines) is 2. The van der Waals surface area contributed by atoms with Crippen LogP contribution in [-0.2, 0) is 11.3 Å². The highest BCUT2D eigenvalue weighted by Gasteiger charge is 2.41.